The molecule has 0 bridgehead atoms. The van der Waals surface area contributed by atoms with Crippen LogP contribution in [0.5, 0.6) is 0 Å². The molecule has 0 radical (unpaired) electrons. The van der Waals surface area contributed by atoms with E-state index in [4.69, 9.17) is 12.2 Å². The van der Waals surface area contributed by atoms with Crippen molar-refractivity contribution in [2.75, 3.05) is 0 Å². The van der Waals surface area contributed by atoms with Gasteiger partial charge in [-0.15, -0.1) is 0 Å². The van der Waals surface area contributed by atoms with Gasteiger partial charge in [-0.25, -0.2) is 0 Å². The smallest absolute Gasteiger partial charge is 0.170 e. The molecular weight excluding hydrogens is 378 g/mol. The average Bonchev–Trinajstić information content (AvgIpc) is 3.46. The van der Waals surface area contributed by atoms with Crippen LogP contribution < -0.4 is 5.32 Å². The molecule has 0 unspecified atom stereocenters. The van der Waals surface area contributed by atoms with Crippen molar-refractivity contribution in [3.05, 3.63) is 83.2 Å². The largest absolute Gasteiger partial charge is 0.352 e. The third-order valence-electron chi connectivity index (χ3n) is 6.03. The average molecular weight is 404 g/mol. The molecule has 1 aliphatic carbocycles. The Morgan fingerprint density at radius 1 is 1.14 bits per heavy atom. The van der Waals surface area contributed by atoms with Gasteiger partial charge in [0.05, 0.1) is 17.8 Å². The Morgan fingerprint density at radius 3 is 2.69 bits per heavy atom. The van der Waals surface area contributed by atoms with E-state index in [1.807, 2.05) is 36.8 Å². The van der Waals surface area contributed by atoms with Crippen molar-refractivity contribution in [2.45, 2.75) is 51.4 Å². The fourth-order valence-corrected chi connectivity index (χ4v) is 4.90. The maximum absolute atomic E-state index is 5.80. The molecule has 3 aromatic rings. The van der Waals surface area contributed by atoms with E-state index in [-0.39, 0.29) is 12.1 Å². The Labute approximate surface area is 176 Å². The minimum Gasteiger partial charge on any atom is -0.352 e. The van der Waals surface area contributed by atoms with Crippen LogP contribution in [0.25, 0.3) is 0 Å². The van der Waals surface area contributed by atoms with Gasteiger partial charge in [0.1, 0.15) is 0 Å². The van der Waals surface area contributed by atoms with Gasteiger partial charge in [-0.2, -0.15) is 0 Å². The molecule has 2 fully saturated rings. The van der Waals surface area contributed by atoms with Crippen LogP contribution in [0.3, 0.4) is 0 Å². The number of rotatable bonds is 5. The first-order valence-electron chi connectivity index (χ1n) is 10.2. The molecule has 5 nitrogen and oxygen atoms in total. The number of aryl methyl sites for hydroxylation is 1. The quantitative estimate of drug-likeness (QED) is 0.640. The molecule has 1 saturated carbocycles. The first-order chi connectivity index (χ1) is 14.1. The van der Waals surface area contributed by atoms with Gasteiger partial charge in [0.25, 0.3) is 0 Å². The Bertz CT molecular complexity index is 1030. The van der Waals surface area contributed by atoms with Gasteiger partial charge in [0, 0.05) is 42.6 Å². The van der Waals surface area contributed by atoms with Gasteiger partial charge in [-0.1, -0.05) is 12.1 Å². The molecule has 1 N–H and O–H groups in total. The normalized spacial score (nSPS) is 21.4. The first-order valence-corrected chi connectivity index (χ1v) is 10.6. The zero-order valence-corrected chi connectivity index (χ0v) is 17.6. The van der Waals surface area contributed by atoms with E-state index < -0.39 is 0 Å². The summed E-state index contributed by atoms with van der Waals surface area (Å²) in [5, 5.41) is 4.32. The molecule has 4 heterocycles. The van der Waals surface area contributed by atoms with Crippen LogP contribution in [-0.4, -0.2) is 24.5 Å². The number of aromatic nitrogens is 3. The zero-order valence-electron chi connectivity index (χ0n) is 16.7. The number of nitrogens with zero attached hydrogens (tertiary/aromatic N) is 4. The molecule has 148 valence electrons. The van der Waals surface area contributed by atoms with Crippen molar-refractivity contribution >= 4 is 17.3 Å². The highest BCUT2D eigenvalue weighted by molar-refractivity contribution is 7.80. The van der Waals surface area contributed by atoms with E-state index in [9.17, 15) is 0 Å². The first kappa shape index (κ1) is 18.3. The van der Waals surface area contributed by atoms with Crippen molar-refractivity contribution in [3.63, 3.8) is 0 Å². The fourth-order valence-electron chi connectivity index (χ4n) is 4.60. The van der Waals surface area contributed by atoms with E-state index in [0.29, 0.717) is 6.04 Å². The Balaban J connectivity index is 1.59. The molecule has 0 spiro atoms. The van der Waals surface area contributed by atoms with Gasteiger partial charge < -0.3 is 14.8 Å². The van der Waals surface area contributed by atoms with Crippen molar-refractivity contribution in [2.24, 2.45) is 0 Å². The maximum atomic E-state index is 5.80. The van der Waals surface area contributed by atoms with Crippen molar-refractivity contribution < 1.29 is 0 Å². The second kappa shape index (κ2) is 7.26. The second-order valence-corrected chi connectivity index (χ2v) is 8.43. The van der Waals surface area contributed by atoms with Crippen LogP contribution in [-0.2, 0) is 6.54 Å². The van der Waals surface area contributed by atoms with Crippen LogP contribution in [0.1, 0.15) is 59.2 Å². The summed E-state index contributed by atoms with van der Waals surface area (Å²) in [6, 6.07) is 13.3. The van der Waals surface area contributed by atoms with Crippen LogP contribution in [0.15, 0.2) is 55.0 Å². The predicted octanol–water partition coefficient (Wildman–Crippen LogP) is 4.40. The van der Waals surface area contributed by atoms with Crippen molar-refractivity contribution in [3.8, 4) is 0 Å². The zero-order chi connectivity index (χ0) is 20.0. The summed E-state index contributed by atoms with van der Waals surface area (Å²) in [4.78, 5) is 11.2. The molecule has 5 rings (SSSR count). The fraction of sp³-hybridized carbons (Fsp3) is 0.348. The van der Waals surface area contributed by atoms with Gasteiger partial charge in [0.2, 0.25) is 0 Å². The summed E-state index contributed by atoms with van der Waals surface area (Å²) in [5.74, 6) is 0. The summed E-state index contributed by atoms with van der Waals surface area (Å²) in [7, 11) is 0. The lowest BCUT2D eigenvalue weighted by Gasteiger charge is -2.28. The molecule has 1 saturated heterocycles. The van der Waals surface area contributed by atoms with Gasteiger partial charge in [-0.05, 0) is 74.3 Å². The second-order valence-electron chi connectivity index (χ2n) is 8.04. The summed E-state index contributed by atoms with van der Waals surface area (Å²) in [6.07, 6.45) is 8.14. The number of nitrogens with one attached hydrogen (secondary N) is 1. The van der Waals surface area contributed by atoms with Gasteiger partial charge in [0.15, 0.2) is 5.11 Å². The molecule has 1 aliphatic heterocycles. The van der Waals surface area contributed by atoms with Gasteiger partial charge >= 0.3 is 0 Å². The highest BCUT2D eigenvalue weighted by Gasteiger charge is 2.42. The SMILES string of the molecule is Cc1cc([C@H]2[C@H](c3ccccn3)NC(=S)N2Cc2cccnc2)c(C)n1C1CC1. The Kier molecular flexibility index (Phi) is 4.59. The Hall–Kier alpha value is -2.73. The van der Waals surface area contributed by atoms with Crippen LogP contribution in [0.2, 0.25) is 0 Å². The number of thiocarbonyl (C=S) groups is 1. The third-order valence-corrected chi connectivity index (χ3v) is 6.38. The minimum absolute atomic E-state index is 0.0218. The van der Waals surface area contributed by atoms with Crippen LogP contribution >= 0.6 is 12.2 Å². The highest BCUT2D eigenvalue weighted by atomic mass is 32.1. The van der Waals surface area contributed by atoms with Crippen molar-refractivity contribution in [1.82, 2.24) is 24.8 Å². The standard InChI is InChI=1S/C23H25N5S/c1-15-12-19(16(2)28(15)18-8-9-18)22-21(20-7-3-4-11-25-20)26-23(29)27(22)14-17-6-5-10-24-13-17/h3-7,10-13,18,21-22H,8-9,14H2,1-2H3,(H,26,29)/t21-,22-/m0/s1. The summed E-state index contributed by atoms with van der Waals surface area (Å²) < 4.78 is 2.51. The maximum Gasteiger partial charge on any atom is 0.170 e. The van der Waals surface area contributed by atoms with Crippen LogP contribution in [0, 0.1) is 13.8 Å². The summed E-state index contributed by atoms with van der Waals surface area (Å²) in [5.41, 5.74) is 6.18. The minimum atomic E-state index is 0.0218. The lowest BCUT2D eigenvalue weighted by molar-refractivity contribution is 0.309. The molecule has 0 amide bonds. The Morgan fingerprint density at radius 2 is 2.00 bits per heavy atom. The van der Waals surface area contributed by atoms with Crippen LogP contribution in [0.4, 0.5) is 0 Å². The number of hydrogen-bond donors (Lipinski definition) is 1. The topological polar surface area (TPSA) is 46.0 Å². The molecule has 2 aliphatic rings. The lowest BCUT2D eigenvalue weighted by atomic mass is 9.96. The van der Waals surface area contributed by atoms with E-state index in [1.54, 1.807) is 0 Å². The summed E-state index contributed by atoms with van der Waals surface area (Å²) in [6.45, 7) is 5.19. The predicted molar refractivity (Wildman–Crippen MR) is 117 cm³/mol. The highest BCUT2D eigenvalue weighted by Crippen LogP contribution is 2.44. The molecule has 6 heteroatoms. The van der Waals surface area contributed by atoms with E-state index >= 15 is 0 Å². The number of hydrogen-bond acceptors (Lipinski definition) is 3. The van der Waals surface area contributed by atoms with E-state index in [0.717, 1.165) is 22.9 Å². The molecular formula is C23H25N5S. The molecule has 2 atom stereocenters. The van der Waals surface area contributed by atoms with Crippen molar-refractivity contribution in [1.29, 1.82) is 0 Å². The lowest BCUT2D eigenvalue weighted by Crippen LogP contribution is -2.29. The summed E-state index contributed by atoms with van der Waals surface area (Å²) >= 11 is 5.80. The molecule has 3 aromatic heterocycles. The van der Waals surface area contributed by atoms with E-state index in [1.165, 1.54) is 29.8 Å². The van der Waals surface area contributed by atoms with Gasteiger partial charge in [-0.3, -0.25) is 9.97 Å². The monoisotopic (exact) mass is 403 g/mol. The third kappa shape index (κ3) is 3.31. The number of pyridine rings is 2. The van der Waals surface area contributed by atoms with E-state index in [2.05, 4.69) is 56.8 Å². The molecule has 29 heavy (non-hydrogen) atoms. The molecule has 0 aromatic carbocycles.